The SMILES string of the molecule is COc1ccc(C)cc1N(CC(=O)N(Cc1ccccc1Cl)[C@@H](C)C(=O)NC(C)(C)C)S(=O)(=O)c1ccccc1. The number of hydrogen-bond acceptors (Lipinski definition) is 5. The van der Waals surface area contributed by atoms with Gasteiger partial charge in [-0.25, -0.2) is 8.42 Å². The topological polar surface area (TPSA) is 96.0 Å². The Morgan fingerprint density at radius 3 is 2.23 bits per heavy atom. The van der Waals surface area contributed by atoms with Gasteiger partial charge in [-0.2, -0.15) is 0 Å². The smallest absolute Gasteiger partial charge is 0.264 e. The summed E-state index contributed by atoms with van der Waals surface area (Å²) in [6.07, 6.45) is 0. The van der Waals surface area contributed by atoms with Gasteiger partial charge in [0.15, 0.2) is 0 Å². The number of hydrogen-bond donors (Lipinski definition) is 1. The fourth-order valence-electron chi connectivity index (χ4n) is 4.09. The van der Waals surface area contributed by atoms with Gasteiger partial charge in [0, 0.05) is 17.1 Å². The van der Waals surface area contributed by atoms with Crippen LogP contribution in [0.1, 0.15) is 38.8 Å². The van der Waals surface area contributed by atoms with Crippen molar-refractivity contribution in [3.63, 3.8) is 0 Å². The minimum absolute atomic E-state index is 0.00140. The maximum Gasteiger partial charge on any atom is 0.264 e. The molecule has 1 N–H and O–H groups in total. The zero-order valence-electron chi connectivity index (χ0n) is 23.6. The Morgan fingerprint density at radius 2 is 1.62 bits per heavy atom. The molecule has 3 rings (SSSR count). The maximum absolute atomic E-state index is 14.1. The Labute approximate surface area is 241 Å². The molecule has 0 saturated heterocycles. The summed E-state index contributed by atoms with van der Waals surface area (Å²) in [4.78, 5) is 28.6. The molecular weight excluding hydrogens is 550 g/mol. The Hall–Kier alpha value is -3.56. The molecule has 0 bridgehead atoms. The number of nitrogens with one attached hydrogen (secondary N) is 1. The lowest BCUT2D eigenvalue weighted by atomic mass is 10.1. The van der Waals surface area contributed by atoms with Crippen molar-refractivity contribution in [1.29, 1.82) is 0 Å². The molecule has 40 heavy (non-hydrogen) atoms. The van der Waals surface area contributed by atoms with Crippen LogP contribution in [-0.2, 0) is 26.2 Å². The average Bonchev–Trinajstić information content (AvgIpc) is 2.90. The van der Waals surface area contributed by atoms with Gasteiger partial charge in [-0.15, -0.1) is 0 Å². The van der Waals surface area contributed by atoms with Gasteiger partial charge in [-0.1, -0.05) is 54.1 Å². The highest BCUT2D eigenvalue weighted by Gasteiger charge is 2.34. The number of halogens is 1. The second-order valence-electron chi connectivity index (χ2n) is 10.5. The van der Waals surface area contributed by atoms with Crippen LogP contribution in [-0.4, -0.2) is 50.4 Å². The molecule has 3 aromatic rings. The van der Waals surface area contributed by atoms with E-state index in [1.54, 1.807) is 67.6 Å². The molecular formula is C30H36ClN3O5S. The molecule has 0 radical (unpaired) electrons. The first-order valence-electron chi connectivity index (χ1n) is 12.8. The largest absolute Gasteiger partial charge is 0.495 e. The van der Waals surface area contributed by atoms with E-state index in [2.05, 4.69) is 5.32 Å². The lowest BCUT2D eigenvalue weighted by Crippen LogP contribution is -2.54. The molecule has 3 aromatic carbocycles. The first kappa shape index (κ1) is 31.0. The minimum Gasteiger partial charge on any atom is -0.495 e. The lowest BCUT2D eigenvalue weighted by Gasteiger charge is -2.34. The number of ether oxygens (including phenoxy) is 1. The molecule has 0 heterocycles. The van der Waals surface area contributed by atoms with Gasteiger partial charge >= 0.3 is 0 Å². The third-order valence-corrected chi connectivity index (χ3v) is 8.32. The Morgan fingerprint density at radius 1 is 1.00 bits per heavy atom. The highest BCUT2D eigenvalue weighted by atomic mass is 35.5. The van der Waals surface area contributed by atoms with E-state index in [9.17, 15) is 18.0 Å². The van der Waals surface area contributed by atoms with Crippen LogP contribution in [0.2, 0.25) is 5.02 Å². The van der Waals surface area contributed by atoms with Crippen LogP contribution in [0.5, 0.6) is 5.75 Å². The molecule has 8 nitrogen and oxygen atoms in total. The van der Waals surface area contributed by atoms with E-state index in [0.717, 1.165) is 9.87 Å². The van der Waals surface area contributed by atoms with Crippen molar-refractivity contribution in [2.24, 2.45) is 0 Å². The minimum atomic E-state index is -4.21. The second-order valence-corrected chi connectivity index (χ2v) is 12.8. The Kier molecular flexibility index (Phi) is 9.87. The van der Waals surface area contributed by atoms with Gasteiger partial charge in [0.25, 0.3) is 10.0 Å². The van der Waals surface area contributed by atoms with Crippen LogP contribution >= 0.6 is 11.6 Å². The molecule has 0 aliphatic carbocycles. The molecule has 0 aliphatic heterocycles. The summed E-state index contributed by atoms with van der Waals surface area (Å²) in [5, 5.41) is 3.33. The number of aryl methyl sites for hydroxylation is 1. The van der Waals surface area contributed by atoms with Gasteiger partial charge in [-0.05, 0) is 76.1 Å². The molecule has 0 saturated carbocycles. The average molecular weight is 586 g/mol. The fourth-order valence-corrected chi connectivity index (χ4v) is 5.73. The van der Waals surface area contributed by atoms with Crippen molar-refractivity contribution >= 4 is 39.1 Å². The van der Waals surface area contributed by atoms with E-state index in [1.165, 1.54) is 24.1 Å². The van der Waals surface area contributed by atoms with Gasteiger partial charge in [0.2, 0.25) is 11.8 Å². The first-order valence-corrected chi connectivity index (χ1v) is 14.6. The van der Waals surface area contributed by atoms with E-state index in [4.69, 9.17) is 16.3 Å². The van der Waals surface area contributed by atoms with E-state index in [-0.39, 0.29) is 28.8 Å². The molecule has 214 valence electrons. The van der Waals surface area contributed by atoms with Crippen molar-refractivity contribution < 1.29 is 22.7 Å². The van der Waals surface area contributed by atoms with E-state index >= 15 is 0 Å². The summed E-state index contributed by atoms with van der Waals surface area (Å²) >= 11 is 6.41. The van der Waals surface area contributed by atoms with Gasteiger partial charge in [-0.3, -0.25) is 13.9 Å². The molecule has 10 heteroatoms. The molecule has 2 amide bonds. The number of methoxy groups -OCH3 is 1. The molecule has 0 aliphatic rings. The fraction of sp³-hybridized carbons (Fsp3) is 0.333. The van der Waals surface area contributed by atoms with Crippen LogP contribution in [0, 0.1) is 6.92 Å². The number of sulfonamides is 1. The molecule has 0 fully saturated rings. The summed E-state index contributed by atoms with van der Waals surface area (Å²) in [5.74, 6) is -0.674. The highest BCUT2D eigenvalue weighted by molar-refractivity contribution is 7.92. The summed E-state index contributed by atoms with van der Waals surface area (Å²) < 4.78 is 34.5. The number of benzene rings is 3. The number of anilines is 1. The highest BCUT2D eigenvalue weighted by Crippen LogP contribution is 2.34. The van der Waals surface area contributed by atoms with Crippen LogP contribution in [0.15, 0.2) is 77.7 Å². The normalized spacial score (nSPS) is 12.4. The first-order chi connectivity index (χ1) is 18.7. The maximum atomic E-state index is 14.1. The predicted molar refractivity (Wildman–Crippen MR) is 158 cm³/mol. The summed E-state index contributed by atoms with van der Waals surface area (Å²) in [6.45, 7) is 8.39. The second kappa shape index (κ2) is 12.7. The number of carbonyl (C=O) groups excluding carboxylic acids is 2. The zero-order valence-corrected chi connectivity index (χ0v) is 25.2. The summed E-state index contributed by atoms with van der Waals surface area (Å²) in [7, 11) is -2.77. The number of rotatable bonds is 10. The van der Waals surface area contributed by atoms with E-state index < -0.39 is 34.1 Å². The summed E-state index contributed by atoms with van der Waals surface area (Å²) in [6, 6.07) is 19.1. The number of amides is 2. The van der Waals surface area contributed by atoms with E-state index in [0.29, 0.717) is 10.6 Å². The van der Waals surface area contributed by atoms with Crippen molar-refractivity contribution in [2.75, 3.05) is 18.0 Å². The number of nitrogens with zero attached hydrogens (tertiary/aromatic N) is 2. The van der Waals surface area contributed by atoms with Gasteiger partial charge < -0.3 is 15.0 Å². The third-order valence-electron chi connectivity index (χ3n) is 6.18. The van der Waals surface area contributed by atoms with Crippen molar-refractivity contribution in [2.45, 2.75) is 57.6 Å². The zero-order chi connectivity index (χ0) is 29.7. The number of carbonyl (C=O) groups is 2. The Bertz CT molecular complexity index is 1460. The summed E-state index contributed by atoms with van der Waals surface area (Å²) in [5.41, 5.74) is 1.08. The monoisotopic (exact) mass is 585 g/mol. The van der Waals surface area contributed by atoms with Gasteiger partial charge in [0.05, 0.1) is 17.7 Å². The van der Waals surface area contributed by atoms with Crippen LogP contribution in [0.4, 0.5) is 5.69 Å². The van der Waals surface area contributed by atoms with Crippen LogP contribution in [0.25, 0.3) is 0 Å². The molecule has 0 aromatic heterocycles. The predicted octanol–water partition coefficient (Wildman–Crippen LogP) is 5.18. The molecule has 1 atom stereocenters. The third kappa shape index (κ3) is 7.55. The van der Waals surface area contributed by atoms with E-state index in [1.807, 2.05) is 27.7 Å². The Balaban J connectivity index is 2.11. The van der Waals surface area contributed by atoms with Gasteiger partial charge in [0.1, 0.15) is 18.3 Å². The van der Waals surface area contributed by atoms with Crippen molar-refractivity contribution in [3.05, 3.63) is 88.9 Å². The standard InChI is InChI=1S/C30H36ClN3O5S/c1-21-16-17-27(39-6)26(18-21)34(40(37,38)24-13-8-7-9-14-24)20-28(35)33(19-23-12-10-11-15-25(23)31)22(2)29(36)32-30(3,4)5/h7-18,22H,19-20H2,1-6H3,(H,32,36)/t22-/m0/s1. The van der Waals surface area contributed by atoms with Crippen molar-refractivity contribution in [3.8, 4) is 5.75 Å². The molecule has 0 spiro atoms. The van der Waals surface area contributed by atoms with Crippen molar-refractivity contribution in [1.82, 2.24) is 10.2 Å². The molecule has 0 unspecified atom stereocenters. The lowest BCUT2D eigenvalue weighted by molar-refractivity contribution is -0.140. The van der Waals surface area contributed by atoms with Crippen LogP contribution < -0.4 is 14.4 Å². The quantitative estimate of drug-likeness (QED) is 0.353. The van der Waals surface area contributed by atoms with Crippen LogP contribution in [0.3, 0.4) is 0 Å².